The Labute approximate surface area is 49.1 Å². The molecule has 0 unspecified atom stereocenters. The molecule has 0 aliphatic carbocycles. The second-order valence-electron chi connectivity index (χ2n) is 1.52. The maximum Gasteiger partial charge on any atom is 0.145 e. The SMILES string of the molecule is COC/C=C(/C)C=O. The lowest BCUT2D eigenvalue weighted by Gasteiger charge is -1.87. The number of carbonyl (C=O) groups is 1. The molecule has 0 aliphatic heterocycles. The lowest BCUT2D eigenvalue weighted by Crippen LogP contribution is -1.84. The van der Waals surface area contributed by atoms with Crippen molar-refractivity contribution in [1.82, 2.24) is 0 Å². The number of methoxy groups -OCH3 is 1. The Bertz CT molecular complexity index is 94.7. The average Bonchev–Trinajstić information content (AvgIpc) is 1.83. The second-order valence-corrected chi connectivity index (χ2v) is 1.52. The molecule has 2 nitrogen and oxygen atoms in total. The van der Waals surface area contributed by atoms with Crippen molar-refractivity contribution in [2.24, 2.45) is 0 Å². The first-order chi connectivity index (χ1) is 3.81. The Morgan fingerprint density at radius 1 is 1.75 bits per heavy atom. The van der Waals surface area contributed by atoms with Crippen molar-refractivity contribution >= 4 is 6.29 Å². The first kappa shape index (κ1) is 7.37. The van der Waals surface area contributed by atoms with E-state index in [1.54, 1.807) is 20.1 Å². The summed E-state index contributed by atoms with van der Waals surface area (Å²) in [6, 6.07) is 0. The normalized spacial score (nSPS) is 11.5. The van der Waals surface area contributed by atoms with Gasteiger partial charge in [-0.05, 0) is 12.5 Å². The minimum Gasteiger partial charge on any atom is -0.381 e. The van der Waals surface area contributed by atoms with E-state index >= 15 is 0 Å². The highest BCUT2D eigenvalue weighted by atomic mass is 16.5. The Morgan fingerprint density at radius 3 is 2.75 bits per heavy atom. The van der Waals surface area contributed by atoms with Crippen molar-refractivity contribution in [1.29, 1.82) is 0 Å². The zero-order valence-electron chi connectivity index (χ0n) is 5.18. The summed E-state index contributed by atoms with van der Waals surface area (Å²) in [7, 11) is 1.59. The number of hydrogen-bond donors (Lipinski definition) is 0. The van der Waals surface area contributed by atoms with Gasteiger partial charge in [0.2, 0.25) is 0 Å². The van der Waals surface area contributed by atoms with Crippen LogP contribution in [0.15, 0.2) is 11.6 Å². The van der Waals surface area contributed by atoms with Crippen molar-refractivity contribution in [2.75, 3.05) is 13.7 Å². The van der Waals surface area contributed by atoms with Crippen molar-refractivity contribution in [2.45, 2.75) is 6.92 Å². The number of rotatable bonds is 3. The van der Waals surface area contributed by atoms with E-state index in [1.165, 1.54) is 0 Å². The lowest BCUT2D eigenvalue weighted by molar-refractivity contribution is -0.104. The van der Waals surface area contributed by atoms with Crippen LogP contribution in [0, 0.1) is 0 Å². The van der Waals surface area contributed by atoms with Gasteiger partial charge in [-0.3, -0.25) is 4.79 Å². The molecule has 0 rings (SSSR count). The fourth-order valence-electron chi connectivity index (χ4n) is 0.263. The molecule has 0 radical (unpaired) electrons. The summed E-state index contributed by atoms with van der Waals surface area (Å²) < 4.78 is 4.68. The minimum absolute atomic E-state index is 0.518. The highest BCUT2D eigenvalue weighted by Crippen LogP contribution is 1.83. The van der Waals surface area contributed by atoms with E-state index in [0.717, 1.165) is 6.29 Å². The average molecular weight is 114 g/mol. The van der Waals surface area contributed by atoms with Crippen molar-refractivity contribution in [3.63, 3.8) is 0 Å². The number of carbonyl (C=O) groups excluding carboxylic acids is 1. The summed E-state index contributed by atoms with van der Waals surface area (Å²) in [5, 5.41) is 0. The molecular weight excluding hydrogens is 104 g/mol. The van der Waals surface area contributed by atoms with E-state index in [0.29, 0.717) is 12.2 Å². The predicted molar refractivity (Wildman–Crippen MR) is 31.7 cm³/mol. The van der Waals surface area contributed by atoms with Crippen LogP contribution in [0.3, 0.4) is 0 Å². The van der Waals surface area contributed by atoms with Crippen molar-refractivity contribution < 1.29 is 9.53 Å². The Kier molecular flexibility index (Phi) is 4.17. The van der Waals surface area contributed by atoms with Crippen LogP contribution in [0.2, 0.25) is 0 Å². The van der Waals surface area contributed by atoms with Crippen molar-refractivity contribution in [3.05, 3.63) is 11.6 Å². The lowest BCUT2D eigenvalue weighted by atomic mass is 10.3. The van der Waals surface area contributed by atoms with Crippen LogP contribution in [0.1, 0.15) is 6.92 Å². The molecule has 0 aliphatic rings. The zero-order chi connectivity index (χ0) is 6.41. The maximum atomic E-state index is 9.89. The van der Waals surface area contributed by atoms with E-state index in [2.05, 4.69) is 4.74 Å². The summed E-state index contributed by atoms with van der Waals surface area (Å²) in [6.07, 6.45) is 2.53. The maximum absolute atomic E-state index is 9.89. The van der Waals surface area contributed by atoms with Gasteiger partial charge in [0, 0.05) is 7.11 Å². The van der Waals surface area contributed by atoms with Gasteiger partial charge in [0.05, 0.1) is 6.61 Å². The quantitative estimate of drug-likeness (QED) is 0.400. The molecule has 0 heterocycles. The van der Waals surface area contributed by atoms with E-state index in [4.69, 9.17) is 0 Å². The molecular formula is C6H10O2. The fourth-order valence-corrected chi connectivity index (χ4v) is 0.263. The van der Waals surface area contributed by atoms with Crippen LogP contribution in [0.4, 0.5) is 0 Å². The smallest absolute Gasteiger partial charge is 0.145 e. The van der Waals surface area contributed by atoms with Gasteiger partial charge in [-0.1, -0.05) is 6.08 Å². The molecule has 46 valence electrons. The molecule has 0 saturated heterocycles. The number of hydrogen-bond acceptors (Lipinski definition) is 2. The predicted octanol–water partition coefficient (Wildman–Crippen LogP) is 0.778. The Morgan fingerprint density at radius 2 is 2.38 bits per heavy atom. The molecule has 8 heavy (non-hydrogen) atoms. The van der Waals surface area contributed by atoms with Crippen LogP contribution in [-0.4, -0.2) is 20.0 Å². The summed E-state index contributed by atoms with van der Waals surface area (Å²) >= 11 is 0. The molecule has 0 bridgehead atoms. The minimum atomic E-state index is 0.518. The van der Waals surface area contributed by atoms with Crippen LogP contribution < -0.4 is 0 Å². The molecule has 0 N–H and O–H groups in total. The molecule has 0 atom stereocenters. The largest absolute Gasteiger partial charge is 0.381 e. The van der Waals surface area contributed by atoms with E-state index < -0.39 is 0 Å². The summed E-state index contributed by atoms with van der Waals surface area (Å²) in [4.78, 5) is 9.89. The van der Waals surface area contributed by atoms with Gasteiger partial charge in [-0.25, -0.2) is 0 Å². The number of ether oxygens (including phenoxy) is 1. The van der Waals surface area contributed by atoms with Gasteiger partial charge < -0.3 is 4.74 Å². The zero-order valence-corrected chi connectivity index (χ0v) is 5.18. The summed E-state index contributed by atoms with van der Waals surface area (Å²) in [5.74, 6) is 0. The molecule has 0 amide bonds. The topological polar surface area (TPSA) is 26.3 Å². The van der Waals surface area contributed by atoms with Gasteiger partial charge >= 0.3 is 0 Å². The summed E-state index contributed by atoms with van der Waals surface area (Å²) in [5.41, 5.74) is 0.715. The third-order valence-electron chi connectivity index (χ3n) is 0.758. The van der Waals surface area contributed by atoms with Crippen LogP contribution in [0.5, 0.6) is 0 Å². The standard InChI is InChI=1S/C6H10O2/c1-6(5-7)3-4-8-2/h3,5H,4H2,1-2H3/b6-3-. The first-order valence-electron chi connectivity index (χ1n) is 2.42. The Hall–Kier alpha value is -0.630. The van der Waals surface area contributed by atoms with Crippen molar-refractivity contribution in [3.8, 4) is 0 Å². The third kappa shape index (κ3) is 3.56. The molecule has 2 heteroatoms. The third-order valence-corrected chi connectivity index (χ3v) is 0.758. The van der Waals surface area contributed by atoms with E-state index in [1.807, 2.05) is 0 Å². The van der Waals surface area contributed by atoms with Gasteiger partial charge in [0.15, 0.2) is 0 Å². The fraction of sp³-hybridized carbons (Fsp3) is 0.500. The second kappa shape index (κ2) is 4.53. The Balaban J connectivity index is 3.40. The first-order valence-corrected chi connectivity index (χ1v) is 2.42. The van der Waals surface area contributed by atoms with E-state index in [9.17, 15) is 4.79 Å². The summed E-state index contributed by atoms with van der Waals surface area (Å²) in [6.45, 7) is 2.26. The molecule has 0 aromatic carbocycles. The molecule has 0 fully saturated rings. The number of aldehydes is 1. The van der Waals surface area contributed by atoms with Gasteiger partial charge in [-0.2, -0.15) is 0 Å². The van der Waals surface area contributed by atoms with Gasteiger partial charge in [0.1, 0.15) is 6.29 Å². The number of allylic oxidation sites excluding steroid dienone is 1. The highest BCUT2D eigenvalue weighted by Gasteiger charge is 1.79. The van der Waals surface area contributed by atoms with Crippen LogP contribution >= 0.6 is 0 Å². The molecule has 0 aromatic heterocycles. The monoisotopic (exact) mass is 114 g/mol. The van der Waals surface area contributed by atoms with Gasteiger partial charge in [0.25, 0.3) is 0 Å². The molecule has 0 aromatic rings. The highest BCUT2D eigenvalue weighted by molar-refractivity contribution is 5.71. The van der Waals surface area contributed by atoms with Crippen LogP contribution in [-0.2, 0) is 9.53 Å². The molecule has 0 spiro atoms. The van der Waals surface area contributed by atoms with E-state index in [-0.39, 0.29) is 0 Å². The van der Waals surface area contributed by atoms with Gasteiger partial charge in [-0.15, -0.1) is 0 Å². The molecule has 0 saturated carbocycles. The van der Waals surface area contributed by atoms with Crippen LogP contribution in [0.25, 0.3) is 0 Å².